The number of hydrogen-bond donors (Lipinski definition) is 1. The van der Waals surface area contributed by atoms with Gasteiger partial charge in [0.05, 0.1) is 11.1 Å². The van der Waals surface area contributed by atoms with Gasteiger partial charge in [0, 0.05) is 27.7 Å². The Kier molecular flexibility index (Phi) is 3.45. The zero-order chi connectivity index (χ0) is 15.9. The van der Waals surface area contributed by atoms with Gasteiger partial charge in [-0.1, -0.05) is 23.7 Å². The first-order valence-corrected chi connectivity index (χ1v) is 6.72. The van der Waals surface area contributed by atoms with E-state index in [-0.39, 0.29) is 11.3 Å². The van der Waals surface area contributed by atoms with Crippen LogP contribution in [0.25, 0.3) is 10.9 Å². The SMILES string of the molecule is O=C(c1ccc(C(F)(F)F)cc1)c1cc(Cl)cc2cc[nH]c12. The van der Waals surface area contributed by atoms with Crippen molar-refractivity contribution in [2.75, 3.05) is 0 Å². The Bertz CT molecular complexity index is 850. The summed E-state index contributed by atoms with van der Waals surface area (Å²) >= 11 is 5.98. The largest absolute Gasteiger partial charge is 0.416 e. The Morgan fingerprint density at radius 3 is 2.36 bits per heavy atom. The average molecular weight is 324 g/mol. The second-order valence-corrected chi connectivity index (χ2v) is 5.24. The minimum atomic E-state index is -4.43. The summed E-state index contributed by atoms with van der Waals surface area (Å²) in [5, 5.41) is 1.16. The van der Waals surface area contributed by atoms with E-state index in [1.807, 2.05) is 0 Å². The number of carbonyl (C=O) groups excluding carboxylic acids is 1. The molecule has 0 amide bonds. The van der Waals surface area contributed by atoms with E-state index in [1.165, 1.54) is 18.2 Å². The van der Waals surface area contributed by atoms with Crippen molar-refractivity contribution in [2.45, 2.75) is 6.18 Å². The van der Waals surface area contributed by atoms with E-state index >= 15 is 0 Å². The van der Waals surface area contributed by atoms with Crippen LogP contribution in [-0.4, -0.2) is 10.8 Å². The van der Waals surface area contributed by atoms with Crippen molar-refractivity contribution in [2.24, 2.45) is 0 Å². The van der Waals surface area contributed by atoms with E-state index in [0.29, 0.717) is 16.1 Å². The molecule has 1 heterocycles. The maximum atomic E-state index is 12.6. The number of ketones is 1. The number of rotatable bonds is 2. The molecule has 0 atom stereocenters. The van der Waals surface area contributed by atoms with Crippen LogP contribution < -0.4 is 0 Å². The van der Waals surface area contributed by atoms with Gasteiger partial charge in [0.1, 0.15) is 0 Å². The number of benzene rings is 2. The molecule has 2 aromatic carbocycles. The van der Waals surface area contributed by atoms with Gasteiger partial charge >= 0.3 is 6.18 Å². The van der Waals surface area contributed by atoms with Crippen LogP contribution in [0.4, 0.5) is 13.2 Å². The summed E-state index contributed by atoms with van der Waals surface area (Å²) in [4.78, 5) is 15.5. The quantitative estimate of drug-likeness (QED) is 0.656. The van der Waals surface area contributed by atoms with Crippen LogP contribution in [0.1, 0.15) is 21.5 Å². The third kappa shape index (κ3) is 2.60. The molecule has 0 aliphatic rings. The normalized spacial score (nSPS) is 11.8. The number of alkyl halides is 3. The van der Waals surface area contributed by atoms with Gasteiger partial charge in [-0.25, -0.2) is 0 Å². The van der Waals surface area contributed by atoms with Crippen LogP contribution in [0.5, 0.6) is 0 Å². The number of carbonyl (C=O) groups is 1. The summed E-state index contributed by atoms with van der Waals surface area (Å²) in [6.45, 7) is 0. The van der Waals surface area contributed by atoms with Crippen molar-refractivity contribution in [1.82, 2.24) is 4.98 Å². The van der Waals surface area contributed by atoms with E-state index < -0.39 is 11.7 Å². The molecule has 112 valence electrons. The van der Waals surface area contributed by atoms with Crippen LogP contribution >= 0.6 is 11.6 Å². The lowest BCUT2D eigenvalue weighted by Gasteiger charge is -2.08. The molecule has 6 heteroatoms. The second kappa shape index (κ2) is 5.18. The molecule has 1 aromatic heterocycles. The number of aromatic nitrogens is 1. The summed E-state index contributed by atoms with van der Waals surface area (Å²) < 4.78 is 37.7. The van der Waals surface area contributed by atoms with Crippen LogP contribution in [0.2, 0.25) is 5.02 Å². The maximum Gasteiger partial charge on any atom is 0.416 e. The van der Waals surface area contributed by atoms with Gasteiger partial charge in [-0.3, -0.25) is 4.79 Å². The molecule has 3 aromatic rings. The molecule has 0 radical (unpaired) electrons. The van der Waals surface area contributed by atoms with Crippen molar-refractivity contribution in [3.8, 4) is 0 Å². The molecule has 0 fully saturated rings. The third-order valence-corrected chi connectivity index (χ3v) is 3.56. The van der Waals surface area contributed by atoms with E-state index in [4.69, 9.17) is 11.6 Å². The van der Waals surface area contributed by atoms with Crippen LogP contribution in [0.15, 0.2) is 48.7 Å². The van der Waals surface area contributed by atoms with E-state index in [1.54, 1.807) is 18.3 Å². The smallest absolute Gasteiger partial charge is 0.361 e. The summed E-state index contributed by atoms with van der Waals surface area (Å²) in [7, 11) is 0. The number of H-pyrrole nitrogens is 1. The van der Waals surface area contributed by atoms with Crippen molar-refractivity contribution in [3.63, 3.8) is 0 Å². The summed E-state index contributed by atoms with van der Waals surface area (Å²) in [6.07, 6.45) is -2.76. The summed E-state index contributed by atoms with van der Waals surface area (Å²) in [5.41, 5.74) is 0.313. The molecular weight excluding hydrogens is 315 g/mol. The highest BCUT2D eigenvalue weighted by molar-refractivity contribution is 6.32. The summed E-state index contributed by atoms with van der Waals surface area (Å²) in [6, 6.07) is 9.09. The Morgan fingerprint density at radius 1 is 1.05 bits per heavy atom. The van der Waals surface area contributed by atoms with Crippen LogP contribution in [0, 0.1) is 0 Å². The highest BCUT2D eigenvalue weighted by atomic mass is 35.5. The molecule has 0 unspecified atom stereocenters. The topological polar surface area (TPSA) is 32.9 Å². The average Bonchev–Trinajstić information content (AvgIpc) is 2.93. The fourth-order valence-electron chi connectivity index (χ4n) is 2.28. The van der Waals surface area contributed by atoms with Crippen LogP contribution in [0.3, 0.4) is 0 Å². The minimum Gasteiger partial charge on any atom is -0.361 e. The Morgan fingerprint density at radius 2 is 1.73 bits per heavy atom. The van der Waals surface area contributed by atoms with Gasteiger partial charge in [-0.15, -0.1) is 0 Å². The molecule has 0 aliphatic heterocycles. The lowest BCUT2D eigenvalue weighted by atomic mass is 10.00. The van der Waals surface area contributed by atoms with E-state index in [2.05, 4.69) is 4.98 Å². The lowest BCUT2D eigenvalue weighted by molar-refractivity contribution is -0.137. The molecular formula is C16H9ClF3NO. The van der Waals surface area contributed by atoms with Crippen molar-refractivity contribution in [1.29, 1.82) is 0 Å². The molecule has 3 rings (SSSR count). The number of halogens is 4. The maximum absolute atomic E-state index is 12.6. The Balaban J connectivity index is 2.04. The Labute approximate surface area is 128 Å². The monoisotopic (exact) mass is 323 g/mol. The fourth-order valence-corrected chi connectivity index (χ4v) is 2.51. The van der Waals surface area contributed by atoms with Gasteiger partial charge in [0.15, 0.2) is 5.78 Å². The first-order chi connectivity index (χ1) is 10.4. The Hall–Kier alpha value is -2.27. The number of fused-ring (bicyclic) bond motifs is 1. The second-order valence-electron chi connectivity index (χ2n) is 4.80. The zero-order valence-corrected chi connectivity index (χ0v) is 11.8. The van der Waals surface area contributed by atoms with Crippen molar-refractivity contribution >= 4 is 28.3 Å². The van der Waals surface area contributed by atoms with Crippen molar-refractivity contribution < 1.29 is 18.0 Å². The minimum absolute atomic E-state index is 0.172. The molecule has 1 N–H and O–H groups in total. The molecule has 0 saturated heterocycles. The van der Waals surface area contributed by atoms with Crippen LogP contribution in [-0.2, 0) is 6.18 Å². The van der Waals surface area contributed by atoms with E-state index in [9.17, 15) is 18.0 Å². The molecule has 0 saturated carbocycles. The number of hydrogen-bond acceptors (Lipinski definition) is 1. The first kappa shape index (κ1) is 14.7. The molecule has 2 nitrogen and oxygen atoms in total. The predicted molar refractivity (Wildman–Crippen MR) is 78.2 cm³/mol. The fraction of sp³-hybridized carbons (Fsp3) is 0.0625. The van der Waals surface area contributed by atoms with E-state index in [0.717, 1.165) is 17.5 Å². The van der Waals surface area contributed by atoms with Gasteiger partial charge in [-0.05, 0) is 30.3 Å². The molecule has 0 aliphatic carbocycles. The van der Waals surface area contributed by atoms with Gasteiger partial charge in [0.2, 0.25) is 0 Å². The third-order valence-electron chi connectivity index (χ3n) is 3.34. The van der Waals surface area contributed by atoms with Gasteiger partial charge < -0.3 is 4.98 Å². The summed E-state index contributed by atoms with van der Waals surface area (Å²) in [5.74, 6) is -0.385. The first-order valence-electron chi connectivity index (χ1n) is 6.35. The molecule has 0 bridgehead atoms. The van der Waals surface area contributed by atoms with Gasteiger partial charge in [0.25, 0.3) is 0 Å². The number of nitrogens with one attached hydrogen (secondary N) is 1. The van der Waals surface area contributed by atoms with Gasteiger partial charge in [-0.2, -0.15) is 13.2 Å². The number of aromatic amines is 1. The molecule has 0 spiro atoms. The lowest BCUT2D eigenvalue weighted by Crippen LogP contribution is -2.07. The predicted octanol–water partition coefficient (Wildman–Crippen LogP) is 5.07. The zero-order valence-electron chi connectivity index (χ0n) is 11.0. The molecule has 22 heavy (non-hydrogen) atoms. The van der Waals surface area contributed by atoms with Crippen molar-refractivity contribution in [3.05, 3.63) is 70.4 Å². The standard InChI is InChI=1S/C16H9ClF3NO/c17-12-7-10-5-6-21-14(10)13(8-12)15(22)9-1-3-11(4-2-9)16(18,19)20/h1-8,21H. The highest BCUT2D eigenvalue weighted by Gasteiger charge is 2.30. The highest BCUT2D eigenvalue weighted by Crippen LogP contribution is 2.30.